The monoisotopic (exact) mass is 339 g/mol. The highest BCUT2D eigenvalue weighted by Crippen LogP contribution is 2.10. The lowest BCUT2D eigenvalue weighted by Gasteiger charge is -2.11. The van der Waals surface area contributed by atoms with Crippen LogP contribution in [0, 0.1) is 5.82 Å². The summed E-state index contributed by atoms with van der Waals surface area (Å²) in [5.41, 5.74) is 3.13. The normalized spacial score (nSPS) is 11.7. The average Bonchev–Trinajstić information content (AvgIpc) is 3.05. The summed E-state index contributed by atoms with van der Waals surface area (Å²) in [5.74, 6) is 1.49. The Bertz CT molecular complexity index is 805. The SMILES string of the molecule is CN=C(NCCc1ccc(F)cc1)NCCc1nc2ccccc2[nH]1. The van der Waals surface area contributed by atoms with Gasteiger partial charge in [0.15, 0.2) is 5.96 Å². The van der Waals surface area contributed by atoms with Crippen molar-refractivity contribution < 1.29 is 4.39 Å². The minimum Gasteiger partial charge on any atom is -0.356 e. The third-order valence-corrected chi connectivity index (χ3v) is 3.94. The molecule has 0 unspecified atom stereocenters. The topological polar surface area (TPSA) is 65.1 Å². The number of nitrogens with zero attached hydrogens (tertiary/aromatic N) is 2. The highest BCUT2D eigenvalue weighted by molar-refractivity contribution is 5.79. The van der Waals surface area contributed by atoms with Crippen LogP contribution < -0.4 is 10.6 Å². The molecule has 0 radical (unpaired) electrons. The van der Waals surface area contributed by atoms with Gasteiger partial charge in [-0.3, -0.25) is 4.99 Å². The minimum atomic E-state index is -0.209. The Morgan fingerprint density at radius 3 is 2.48 bits per heavy atom. The molecular formula is C19H22FN5. The van der Waals surface area contributed by atoms with Crippen LogP contribution in [0.3, 0.4) is 0 Å². The second kappa shape index (κ2) is 8.28. The maximum atomic E-state index is 12.9. The molecule has 0 aliphatic carbocycles. The molecule has 6 heteroatoms. The van der Waals surface area contributed by atoms with E-state index in [0.29, 0.717) is 0 Å². The van der Waals surface area contributed by atoms with Crippen molar-refractivity contribution in [3.8, 4) is 0 Å². The minimum absolute atomic E-state index is 0.209. The van der Waals surface area contributed by atoms with Gasteiger partial charge < -0.3 is 15.6 Å². The Kier molecular flexibility index (Phi) is 5.61. The van der Waals surface area contributed by atoms with Crippen LogP contribution in [0.2, 0.25) is 0 Å². The number of aromatic nitrogens is 2. The quantitative estimate of drug-likeness (QED) is 0.478. The predicted octanol–water partition coefficient (Wildman–Crippen LogP) is 2.65. The van der Waals surface area contributed by atoms with Gasteiger partial charge in [-0.25, -0.2) is 9.37 Å². The summed E-state index contributed by atoms with van der Waals surface area (Å²) in [6.45, 7) is 1.46. The number of imidazole rings is 1. The zero-order valence-corrected chi connectivity index (χ0v) is 14.2. The second-order valence-corrected chi connectivity index (χ2v) is 5.75. The van der Waals surface area contributed by atoms with Gasteiger partial charge in [0.25, 0.3) is 0 Å². The lowest BCUT2D eigenvalue weighted by molar-refractivity contribution is 0.626. The highest BCUT2D eigenvalue weighted by atomic mass is 19.1. The first-order chi connectivity index (χ1) is 12.2. The maximum Gasteiger partial charge on any atom is 0.191 e. The number of H-pyrrole nitrogens is 1. The number of rotatable bonds is 6. The fourth-order valence-corrected chi connectivity index (χ4v) is 2.62. The molecule has 25 heavy (non-hydrogen) atoms. The van der Waals surface area contributed by atoms with E-state index in [4.69, 9.17) is 0 Å². The molecule has 0 spiro atoms. The number of guanidine groups is 1. The van der Waals surface area contributed by atoms with E-state index in [9.17, 15) is 4.39 Å². The van der Waals surface area contributed by atoms with E-state index in [1.54, 1.807) is 19.2 Å². The third kappa shape index (κ3) is 4.79. The van der Waals surface area contributed by atoms with Crippen LogP contribution >= 0.6 is 0 Å². The third-order valence-electron chi connectivity index (χ3n) is 3.94. The molecule has 1 aromatic heterocycles. The van der Waals surface area contributed by atoms with Gasteiger partial charge >= 0.3 is 0 Å². The van der Waals surface area contributed by atoms with Gasteiger partial charge in [-0.1, -0.05) is 24.3 Å². The standard InChI is InChI=1S/C19H22FN5/c1-21-19(22-12-10-14-6-8-15(20)9-7-14)23-13-11-18-24-16-4-2-3-5-17(16)25-18/h2-9H,10-13H2,1H3,(H,24,25)(H2,21,22,23). The van der Waals surface area contributed by atoms with Gasteiger partial charge in [0.2, 0.25) is 0 Å². The van der Waals surface area contributed by atoms with Crippen LogP contribution in [-0.2, 0) is 12.8 Å². The molecule has 2 aromatic carbocycles. The zero-order valence-electron chi connectivity index (χ0n) is 14.2. The van der Waals surface area contributed by atoms with Crippen LogP contribution in [-0.4, -0.2) is 36.1 Å². The number of aliphatic imine (C=N–C) groups is 1. The van der Waals surface area contributed by atoms with Crippen molar-refractivity contribution in [3.05, 3.63) is 65.7 Å². The highest BCUT2D eigenvalue weighted by Gasteiger charge is 2.03. The number of nitrogens with one attached hydrogen (secondary N) is 3. The van der Waals surface area contributed by atoms with Crippen LogP contribution in [0.5, 0.6) is 0 Å². The summed E-state index contributed by atoms with van der Waals surface area (Å²) in [4.78, 5) is 12.1. The van der Waals surface area contributed by atoms with Gasteiger partial charge in [0.05, 0.1) is 11.0 Å². The zero-order chi connectivity index (χ0) is 17.5. The van der Waals surface area contributed by atoms with Gasteiger partial charge in [-0.05, 0) is 36.2 Å². The first-order valence-electron chi connectivity index (χ1n) is 8.37. The molecular weight excluding hydrogens is 317 g/mol. The van der Waals surface area contributed by atoms with Crippen molar-refractivity contribution in [1.82, 2.24) is 20.6 Å². The van der Waals surface area contributed by atoms with E-state index in [0.717, 1.165) is 54.3 Å². The molecule has 0 saturated heterocycles. The number of halogens is 1. The molecule has 0 bridgehead atoms. The first-order valence-corrected chi connectivity index (χ1v) is 8.37. The lowest BCUT2D eigenvalue weighted by atomic mass is 10.1. The molecule has 0 saturated carbocycles. The summed E-state index contributed by atoms with van der Waals surface area (Å²) in [6, 6.07) is 14.6. The molecule has 0 fully saturated rings. The average molecular weight is 339 g/mol. The Balaban J connectivity index is 1.42. The van der Waals surface area contributed by atoms with Crippen molar-refractivity contribution in [3.63, 3.8) is 0 Å². The molecule has 130 valence electrons. The number of benzene rings is 2. The molecule has 0 atom stereocenters. The molecule has 3 aromatic rings. The van der Waals surface area contributed by atoms with Crippen molar-refractivity contribution in [2.24, 2.45) is 4.99 Å². The van der Waals surface area contributed by atoms with E-state index >= 15 is 0 Å². The summed E-state index contributed by atoms with van der Waals surface area (Å²) < 4.78 is 12.9. The van der Waals surface area contributed by atoms with E-state index in [1.807, 2.05) is 24.3 Å². The lowest BCUT2D eigenvalue weighted by Crippen LogP contribution is -2.39. The number of aromatic amines is 1. The molecule has 5 nitrogen and oxygen atoms in total. The smallest absolute Gasteiger partial charge is 0.191 e. The van der Waals surface area contributed by atoms with Gasteiger partial charge in [0.1, 0.15) is 11.6 Å². The molecule has 3 N–H and O–H groups in total. The van der Waals surface area contributed by atoms with E-state index in [2.05, 4.69) is 25.6 Å². The van der Waals surface area contributed by atoms with Crippen LogP contribution in [0.15, 0.2) is 53.5 Å². The van der Waals surface area contributed by atoms with Crippen molar-refractivity contribution in [1.29, 1.82) is 0 Å². The van der Waals surface area contributed by atoms with Crippen molar-refractivity contribution in [2.75, 3.05) is 20.1 Å². The largest absolute Gasteiger partial charge is 0.356 e. The Morgan fingerprint density at radius 2 is 1.76 bits per heavy atom. The Morgan fingerprint density at radius 1 is 1.04 bits per heavy atom. The molecule has 0 aliphatic heterocycles. The first kappa shape index (κ1) is 17.0. The van der Waals surface area contributed by atoms with E-state index < -0.39 is 0 Å². The van der Waals surface area contributed by atoms with Crippen LogP contribution in [0.4, 0.5) is 4.39 Å². The summed E-state index contributed by atoms with van der Waals surface area (Å²) in [7, 11) is 1.74. The maximum absolute atomic E-state index is 12.9. The number of hydrogen-bond donors (Lipinski definition) is 3. The van der Waals surface area contributed by atoms with Gasteiger partial charge in [-0.15, -0.1) is 0 Å². The molecule has 1 heterocycles. The Labute approximate surface area is 146 Å². The fraction of sp³-hybridized carbons (Fsp3) is 0.263. The molecule has 3 rings (SSSR count). The van der Waals surface area contributed by atoms with E-state index in [-0.39, 0.29) is 5.82 Å². The molecule has 0 amide bonds. The number of hydrogen-bond acceptors (Lipinski definition) is 2. The van der Waals surface area contributed by atoms with E-state index in [1.165, 1.54) is 12.1 Å². The summed E-state index contributed by atoms with van der Waals surface area (Å²) in [5, 5.41) is 6.54. The Hall–Kier alpha value is -2.89. The fourth-order valence-electron chi connectivity index (χ4n) is 2.62. The summed E-state index contributed by atoms with van der Waals surface area (Å²) in [6.07, 6.45) is 1.60. The van der Waals surface area contributed by atoms with Crippen LogP contribution in [0.1, 0.15) is 11.4 Å². The number of fused-ring (bicyclic) bond motifs is 1. The second-order valence-electron chi connectivity index (χ2n) is 5.75. The van der Waals surface area contributed by atoms with Crippen molar-refractivity contribution >= 4 is 17.0 Å². The number of para-hydroxylation sites is 2. The molecule has 0 aliphatic rings. The van der Waals surface area contributed by atoms with Crippen LogP contribution in [0.25, 0.3) is 11.0 Å². The predicted molar refractivity (Wildman–Crippen MR) is 99.3 cm³/mol. The summed E-state index contributed by atoms with van der Waals surface area (Å²) >= 11 is 0. The van der Waals surface area contributed by atoms with Gasteiger partial charge in [-0.2, -0.15) is 0 Å². The van der Waals surface area contributed by atoms with Crippen molar-refractivity contribution in [2.45, 2.75) is 12.8 Å². The van der Waals surface area contributed by atoms with Gasteiger partial charge in [0, 0.05) is 26.6 Å².